The monoisotopic (exact) mass is 228 g/mol. The summed E-state index contributed by atoms with van der Waals surface area (Å²) in [5.74, 6) is 0.615. The highest BCUT2D eigenvalue weighted by atomic mass is 16.5. The van der Waals surface area contributed by atoms with Crippen LogP contribution in [-0.4, -0.2) is 11.5 Å². The van der Waals surface area contributed by atoms with Crippen LogP contribution in [0.4, 0.5) is 0 Å². The predicted octanol–water partition coefficient (Wildman–Crippen LogP) is 2.47. The molecular weight excluding hydrogens is 212 g/mol. The smallest absolute Gasteiger partial charge is 0.214 e. The molecule has 0 aliphatic rings. The van der Waals surface area contributed by atoms with Gasteiger partial charge in [-0.05, 0) is 24.1 Å². The van der Waals surface area contributed by atoms with Gasteiger partial charge in [0.2, 0.25) is 5.88 Å². The number of hydrogen-bond donors (Lipinski definition) is 1. The molecule has 0 saturated carbocycles. The van der Waals surface area contributed by atoms with Gasteiger partial charge in [-0.3, -0.25) is 0 Å². The summed E-state index contributed by atoms with van der Waals surface area (Å²) in [6.45, 7) is 2.44. The van der Waals surface area contributed by atoms with E-state index in [4.69, 9.17) is 10.5 Å². The summed E-state index contributed by atoms with van der Waals surface area (Å²) in [5, 5.41) is 0. The molecule has 3 heteroatoms. The summed E-state index contributed by atoms with van der Waals surface area (Å²) in [5.41, 5.74) is 7.93. The lowest BCUT2D eigenvalue weighted by Crippen LogP contribution is -2.18. The van der Waals surface area contributed by atoms with Crippen LogP contribution >= 0.6 is 0 Å². The van der Waals surface area contributed by atoms with E-state index >= 15 is 0 Å². The van der Waals surface area contributed by atoms with Gasteiger partial charge < -0.3 is 10.5 Å². The zero-order chi connectivity index (χ0) is 12.1. The highest BCUT2D eigenvalue weighted by Crippen LogP contribution is 2.19. The molecule has 3 nitrogen and oxygen atoms in total. The van der Waals surface area contributed by atoms with Crippen molar-refractivity contribution in [2.24, 2.45) is 5.73 Å². The largest absolute Gasteiger partial charge is 0.468 e. The normalized spacial score (nSPS) is 12.1. The average molecular weight is 228 g/mol. The Morgan fingerprint density at radius 1 is 1.24 bits per heavy atom. The van der Waals surface area contributed by atoms with Gasteiger partial charge in [-0.15, -0.1) is 0 Å². The maximum Gasteiger partial charge on any atom is 0.214 e. The lowest BCUT2D eigenvalue weighted by Gasteiger charge is -2.17. The molecule has 17 heavy (non-hydrogen) atoms. The Kier molecular flexibility index (Phi) is 3.73. The minimum Gasteiger partial charge on any atom is -0.468 e. The van der Waals surface area contributed by atoms with Crippen molar-refractivity contribution in [2.75, 3.05) is 6.54 Å². The summed E-state index contributed by atoms with van der Waals surface area (Å²) in [6.07, 6.45) is 1.59. The van der Waals surface area contributed by atoms with E-state index in [2.05, 4.69) is 4.98 Å². The minimum atomic E-state index is -0.148. The van der Waals surface area contributed by atoms with E-state index in [0.717, 1.165) is 11.1 Å². The van der Waals surface area contributed by atoms with Crippen molar-refractivity contribution in [1.29, 1.82) is 0 Å². The molecule has 2 rings (SSSR count). The molecule has 0 fully saturated rings. The Hall–Kier alpha value is -1.87. The van der Waals surface area contributed by atoms with Crippen molar-refractivity contribution in [3.05, 3.63) is 59.8 Å². The first-order chi connectivity index (χ1) is 8.29. The molecule has 0 aliphatic carbocycles. The predicted molar refractivity (Wildman–Crippen MR) is 67.8 cm³/mol. The number of nitrogens with zero attached hydrogens (tertiary/aromatic N) is 1. The Morgan fingerprint density at radius 2 is 2.00 bits per heavy atom. The molecule has 2 aromatic rings. The Bertz CT molecular complexity index is 471. The molecule has 1 atom stereocenters. The van der Waals surface area contributed by atoms with Gasteiger partial charge in [-0.25, -0.2) is 4.98 Å². The average Bonchev–Trinajstić information content (AvgIpc) is 2.37. The molecule has 1 aromatic carbocycles. The van der Waals surface area contributed by atoms with E-state index in [0.29, 0.717) is 12.4 Å². The zero-order valence-corrected chi connectivity index (χ0v) is 9.84. The maximum atomic E-state index is 5.79. The topological polar surface area (TPSA) is 48.1 Å². The van der Waals surface area contributed by atoms with Gasteiger partial charge >= 0.3 is 0 Å². The third-order valence-electron chi connectivity index (χ3n) is 2.54. The first kappa shape index (κ1) is 11.6. The van der Waals surface area contributed by atoms with Crippen LogP contribution in [0, 0.1) is 6.92 Å². The second-order valence-corrected chi connectivity index (χ2v) is 3.92. The molecular formula is C14H16N2O. The van der Waals surface area contributed by atoms with Gasteiger partial charge in [0, 0.05) is 18.8 Å². The van der Waals surface area contributed by atoms with Gasteiger partial charge in [0.1, 0.15) is 6.10 Å². The van der Waals surface area contributed by atoms with Crippen LogP contribution in [0.3, 0.4) is 0 Å². The lowest BCUT2D eigenvalue weighted by molar-refractivity contribution is 0.205. The second-order valence-electron chi connectivity index (χ2n) is 3.92. The SMILES string of the molecule is Cc1ccnc(O[C@H](CN)c2ccccc2)c1. The summed E-state index contributed by atoms with van der Waals surface area (Å²) in [7, 11) is 0. The van der Waals surface area contributed by atoms with Gasteiger partial charge in [0.25, 0.3) is 0 Å². The molecule has 0 radical (unpaired) electrons. The molecule has 1 heterocycles. The number of ether oxygens (including phenoxy) is 1. The van der Waals surface area contributed by atoms with Crippen LogP contribution in [-0.2, 0) is 0 Å². The third kappa shape index (κ3) is 3.04. The van der Waals surface area contributed by atoms with Crippen molar-refractivity contribution in [3.63, 3.8) is 0 Å². The molecule has 2 N–H and O–H groups in total. The quantitative estimate of drug-likeness (QED) is 0.874. The minimum absolute atomic E-state index is 0.148. The van der Waals surface area contributed by atoms with Gasteiger partial charge in [-0.2, -0.15) is 0 Å². The number of aryl methyl sites for hydroxylation is 1. The number of rotatable bonds is 4. The molecule has 88 valence electrons. The number of pyridine rings is 1. The summed E-state index contributed by atoms with van der Waals surface area (Å²) >= 11 is 0. The van der Waals surface area contributed by atoms with Crippen LogP contribution in [0.2, 0.25) is 0 Å². The Balaban J connectivity index is 2.16. The van der Waals surface area contributed by atoms with Crippen LogP contribution in [0.15, 0.2) is 48.7 Å². The van der Waals surface area contributed by atoms with Crippen LogP contribution < -0.4 is 10.5 Å². The van der Waals surface area contributed by atoms with Crippen LogP contribution in [0.1, 0.15) is 17.2 Å². The number of hydrogen-bond acceptors (Lipinski definition) is 3. The van der Waals surface area contributed by atoms with E-state index in [-0.39, 0.29) is 6.10 Å². The fourth-order valence-corrected chi connectivity index (χ4v) is 1.64. The molecule has 0 unspecified atom stereocenters. The van der Waals surface area contributed by atoms with E-state index < -0.39 is 0 Å². The van der Waals surface area contributed by atoms with E-state index in [9.17, 15) is 0 Å². The standard InChI is InChI=1S/C14H16N2O/c1-11-7-8-16-14(9-11)17-13(10-15)12-5-3-2-4-6-12/h2-9,13H,10,15H2,1H3/t13-/m1/s1. The highest BCUT2D eigenvalue weighted by molar-refractivity contribution is 5.22. The van der Waals surface area contributed by atoms with E-state index in [1.54, 1.807) is 6.20 Å². The molecule has 0 aliphatic heterocycles. The van der Waals surface area contributed by atoms with Crippen LogP contribution in [0.25, 0.3) is 0 Å². The molecule has 0 bridgehead atoms. The Morgan fingerprint density at radius 3 is 2.65 bits per heavy atom. The first-order valence-corrected chi connectivity index (χ1v) is 5.64. The first-order valence-electron chi connectivity index (χ1n) is 5.64. The van der Waals surface area contributed by atoms with Gasteiger partial charge in [0.15, 0.2) is 0 Å². The fourth-order valence-electron chi connectivity index (χ4n) is 1.64. The molecule has 1 aromatic heterocycles. The van der Waals surface area contributed by atoms with Crippen molar-refractivity contribution < 1.29 is 4.74 Å². The van der Waals surface area contributed by atoms with Gasteiger partial charge in [-0.1, -0.05) is 30.3 Å². The number of aromatic nitrogens is 1. The van der Waals surface area contributed by atoms with Crippen molar-refractivity contribution in [2.45, 2.75) is 13.0 Å². The fraction of sp³-hybridized carbons (Fsp3) is 0.214. The summed E-state index contributed by atoms with van der Waals surface area (Å²) in [4.78, 5) is 4.18. The summed E-state index contributed by atoms with van der Waals surface area (Å²) in [6, 6.07) is 13.8. The molecule has 0 spiro atoms. The number of benzene rings is 1. The van der Waals surface area contributed by atoms with E-state index in [1.165, 1.54) is 0 Å². The van der Waals surface area contributed by atoms with Crippen LogP contribution in [0.5, 0.6) is 5.88 Å². The van der Waals surface area contributed by atoms with E-state index in [1.807, 2.05) is 49.4 Å². The zero-order valence-electron chi connectivity index (χ0n) is 9.84. The summed E-state index contributed by atoms with van der Waals surface area (Å²) < 4.78 is 5.79. The van der Waals surface area contributed by atoms with Crippen molar-refractivity contribution in [1.82, 2.24) is 4.98 Å². The van der Waals surface area contributed by atoms with Crippen molar-refractivity contribution >= 4 is 0 Å². The number of nitrogens with two attached hydrogens (primary N) is 1. The van der Waals surface area contributed by atoms with Crippen molar-refractivity contribution in [3.8, 4) is 5.88 Å². The maximum absolute atomic E-state index is 5.79. The second kappa shape index (κ2) is 5.46. The Labute approximate surface area is 101 Å². The third-order valence-corrected chi connectivity index (χ3v) is 2.54. The highest BCUT2D eigenvalue weighted by Gasteiger charge is 2.11. The van der Waals surface area contributed by atoms with Gasteiger partial charge in [0.05, 0.1) is 0 Å². The lowest BCUT2D eigenvalue weighted by atomic mass is 10.1. The molecule has 0 saturated heterocycles. The molecule has 0 amide bonds.